The van der Waals surface area contributed by atoms with Crippen LogP contribution in [0.1, 0.15) is 12.8 Å². The zero-order valence-electron chi connectivity index (χ0n) is 8.15. The van der Waals surface area contributed by atoms with Crippen molar-refractivity contribution in [1.82, 2.24) is 9.21 Å². The molecular formula is C8H16N2O2S. The molecule has 0 amide bonds. The minimum atomic E-state index is -2.97. The van der Waals surface area contributed by atoms with Gasteiger partial charge in [0, 0.05) is 25.2 Å². The molecule has 0 radical (unpaired) electrons. The van der Waals surface area contributed by atoms with Gasteiger partial charge in [0.05, 0.1) is 6.26 Å². The van der Waals surface area contributed by atoms with Crippen LogP contribution in [-0.2, 0) is 10.0 Å². The summed E-state index contributed by atoms with van der Waals surface area (Å²) in [6, 6.07) is 0. The average molecular weight is 204 g/mol. The molecule has 0 atom stereocenters. The van der Waals surface area contributed by atoms with Gasteiger partial charge in [-0.1, -0.05) is 0 Å². The van der Waals surface area contributed by atoms with Crippen LogP contribution >= 0.6 is 0 Å². The molecule has 1 saturated carbocycles. The maximum absolute atomic E-state index is 11.3. The topological polar surface area (TPSA) is 40.6 Å². The molecule has 0 bridgehead atoms. The molecule has 76 valence electrons. The van der Waals surface area contributed by atoms with Gasteiger partial charge in [-0.05, 0) is 19.9 Å². The van der Waals surface area contributed by atoms with E-state index in [1.807, 2.05) is 0 Å². The predicted molar refractivity (Wildman–Crippen MR) is 51.0 cm³/mol. The van der Waals surface area contributed by atoms with Gasteiger partial charge in [-0.25, -0.2) is 8.42 Å². The van der Waals surface area contributed by atoms with Crippen LogP contribution in [0.3, 0.4) is 0 Å². The van der Waals surface area contributed by atoms with Crippen molar-refractivity contribution in [1.29, 1.82) is 0 Å². The van der Waals surface area contributed by atoms with Gasteiger partial charge in [0.25, 0.3) is 0 Å². The Balaban J connectivity index is 2.13. The van der Waals surface area contributed by atoms with Crippen LogP contribution in [0, 0.1) is 0 Å². The van der Waals surface area contributed by atoms with Crippen molar-refractivity contribution in [3.8, 4) is 0 Å². The lowest BCUT2D eigenvalue weighted by atomic mass is 10.2. The second kappa shape index (κ2) is 2.68. The highest BCUT2D eigenvalue weighted by Gasteiger charge is 2.50. The van der Waals surface area contributed by atoms with Crippen LogP contribution in [0.25, 0.3) is 0 Å². The highest BCUT2D eigenvalue weighted by atomic mass is 32.2. The first-order valence-corrected chi connectivity index (χ1v) is 6.45. The summed E-state index contributed by atoms with van der Waals surface area (Å²) >= 11 is 0. The van der Waals surface area contributed by atoms with Gasteiger partial charge in [-0.15, -0.1) is 0 Å². The SMILES string of the molecule is CN1CCN(S(C)(=O)=O)CC12CC2. The van der Waals surface area contributed by atoms with E-state index in [2.05, 4.69) is 11.9 Å². The number of piperazine rings is 1. The fourth-order valence-corrected chi connectivity index (χ4v) is 2.88. The van der Waals surface area contributed by atoms with E-state index < -0.39 is 10.0 Å². The third-order valence-corrected chi connectivity index (χ3v) is 4.51. The molecule has 0 aromatic heterocycles. The minimum absolute atomic E-state index is 0.196. The Hall–Kier alpha value is -0.130. The van der Waals surface area contributed by atoms with Gasteiger partial charge in [0.2, 0.25) is 10.0 Å². The van der Waals surface area contributed by atoms with E-state index in [1.165, 1.54) is 6.26 Å². The van der Waals surface area contributed by atoms with Gasteiger partial charge in [-0.3, -0.25) is 4.90 Å². The lowest BCUT2D eigenvalue weighted by Crippen LogP contribution is -2.54. The number of rotatable bonds is 1. The molecule has 0 unspecified atom stereocenters. The first-order chi connectivity index (χ1) is 5.94. The molecule has 1 heterocycles. The summed E-state index contributed by atoms with van der Waals surface area (Å²) in [6.45, 7) is 2.21. The first kappa shape index (κ1) is 9.43. The van der Waals surface area contributed by atoms with E-state index in [0.717, 1.165) is 19.4 Å². The Labute approximate surface area is 79.6 Å². The summed E-state index contributed by atoms with van der Waals surface area (Å²) < 4.78 is 24.2. The summed E-state index contributed by atoms with van der Waals surface area (Å²) in [4.78, 5) is 2.30. The molecule has 4 nitrogen and oxygen atoms in total. The van der Waals surface area contributed by atoms with E-state index in [0.29, 0.717) is 13.1 Å². The lowest BCUT2D eigenvalue weighted by Gasteiger charge is -2.38. The third-order valence-electron chi connectivity index (χ3n) is 3.26. The molecule has 5 heteroatoms. The first-order valence-electron chi connectivity index (χ1n) is 4.60. The molecule has 1 spiro atoms. The zero-order valence-corrected chi connectivity index (χ0v) is 8.97. The molecule has 1 aliphatic carbocycles. The molecule has 0 N–H and O–H groups in total. The molecule has 1 aliphatic heterocycles. The number of hydrogen-bond acceptors (Lipinski definition) is 3. The molecule has 2 rings (SSSR count). The van der Waals surface area contributed by atoms with Crippen LogP contribution in [0.5, 0.6) is 0 Å². The quantitative estimate of drug-likeness (QED) is 0.590. The van der Waals surface area contributed by atoms with Crippen LogP contribution in [0.15, 0.2) is 0 Å². The Bertz CT molecular complexity index is 308. The van der Waals surface area contributed by atoms with Crippen molar-refractivity contribution in [2.24, 2.45) is 0 Å². The summed E-state index contributed by atoms with van der Waals surface area (Å²) in [5, 5.41) is 0. The summed E-state index contributed by atoms with van der Waals surface area (Å²) in [5.41, 5.74) is 0.196. The van der Waals surface area contributed by atoms with E-state index >= 15 is 0 Å². The van der Waals surface area contributed by atoms with Gasteiger partial charge in [0.15, 0.2) is 0 Å². The second-order valence-electron chi connectivity index (χ2n) is 4.24. The summed E-state index contributed by atoms with van der Waals surface area (Å²) in [7, 11) is -0.884. The fourth-order valence-electron chi connectivity index (χ4n) is 1.99. The number of likely N-dealkylation sites (N-methyl/N-ethyl adjacent to an activating group) is 1. The van der Waals surface area contributed by atoms with Crippen LogP contribution in [-0.4, -0.2) is 56.1 Å². The third kappa shape index (κ3) is 1.60. The fraction of sp³-hybridized carbons (Fsp3) is 1.00. The van der Waals surface area contributed by atoms with E-state index in [-0.39, 0.29) is 5.54 Å². The maximum atomic E-state index is 11.3. The zero-order chi connectivity index (χ0) is 9.69. The highest BCUT2D eigenvalue weighted by Crippen LogP contribution is 2.43. The molecule has 1 saturated heterocycles. The lowest BCUT2D eigenvalue weighted by molar-refractivity contribution is 0.130. The standard InChI is InChI=1S/C8H16N2O2S/c1-9-5-6-10(13(2,11)12)7-8(9)3-4-8/h3-7H2,1-2H3. The molecule has 2 fully saturated rings. The smallest absolute Gasteiger partial charge is 0.211 e. The van der Waals surface area contributed by atoms with Crippen molar-refractivity contribution in [2.75, 3.05) is 32.9 Å². The van der Waals surface area contributed by atoms with E-state index in [1.54, 1.807) is 4.31 Å². The van der Waals surface area contributed by atoms with Gasteiger partial charge in [0.1, 0.15) is 0 Å². The van der Waals surface area contributed by atoms with E-state index in [9.17, 15) is 8.42 Å². The van der Waals surface area contributed by atoms with Crippen molar-refractivity contribution >= 4 is 10.0 Å². The Morgan fingerprint density at radius 1 is 1.23 bits per heavy atom. The predicted octanol–water partition coefficient (Wildman–Crippen LogP) is -0.274. The maximum Gasteiger partial charge on any atom is 0.211 e. The normalized spacial score (nSPS) is 29.4. The van der Waals surface area contributed by atoms with Crippen molar-refractivity contribution in [3.05, 3.63) is 0 Å². The number of sulfonamides is 1. The Morgan fingerprint density at radius 3 is 2.31 bits per heavy atom. The molecule has 0 aromatic carbocycles. The van der Waals surface area contributed by atoms with Crippen molar-refractivity contribution in [3.63, 3.8) is 0 Å². The van der Waals surface area contributed by atoms with Crippen LogP contribution < -0.4 is 0 Å². The molecular weight excluding hydrogens is 188 g/mol. The van der Waals surface area contributed by atoms with Crippen molar-refractivity contribution < 1.29 is 8.42 Å². The van der Waals surface area contributed by atoms with Crippen LogP contribution in [0.2, 0.25) is 0 Å². The minimum Gasteiger partial charge on any atom is -0.298 e. The Morgan fingerprint density at radius 2 is 1.85 bits per heavy atom. The monoisotopic (exact) mass is 204 g/mol. The van der Waals surface area contributed by atoms with Gasteiger partial charge in [-0.2, -0.15) is 4.31 Å². The summed E-state index contributed by atoms with van der Waals surface area (Å²) in [5.74, 6) is 0. The van der Waals surface area contributed by atoms with E-state index in [4.69, 9.17) is 0 Å². The number of hydrogen-bond donors (Lipinski definition) is 0. The molecule has 2 aliphatic rings. The Kier molecular flexibility index (Phi) is 1.94. The largest absolute Gasteiger partial charge is 0.298 e. The second-order valence-corrected chi connectivity index (χ2v) is 6.22. The van der Waals surface area contributed by atoms with Crippen molar-refractivity contribution in [2.45, 2.75) is 18.4 Å². The highest BCUT2D eigenvalue weighted by molar-refractivity contribution is 7.88. The van der Waals surface area contributed by atoms with Crippen LogP contribution in [0.4, 0.5) is 0 Å². The number of nitrogens with zero attached hydrogens (tertiary/aromatic N) is 2. The summed E-state index contributed by atoms with van der Waals surface area (Å²) in [6.07, 6.45) is 3.60. The van der Waals surface area contributed by atoms with Gasteiger partial charge < -0.3 is 0 Å². The van der Waals surface area contributed by atoms with Gasteiger partial charge >= 0.3 is 0 Å². The average Bonchev–Trinajstić information content (AvgIpc) is 2.75. The molecule has 13 heavy (non-hydrogen) atoms. The molecule has 0 aromatic rings.